The number of benzene rings is 2. The Morgan fingerprint density at radius 2 is 1.95 bits per heavy atom. The van der Waals surface area contributed by atoms with Gasteiger partial charge >= 0.3 is 0 Å². The maximum Gasteiger partial charge on any atom is 0.272 e. The number of nitro benzene ring substituents is 1. The number of hydrogen-bond acceptors (Lipinski definition) is 4. The van der Waals surface area contributed by atoms with Gasteiger partial charge in [0.25, 0.3) is 5.69 Å². The van der Waals surface area contributed by atoms with Crippen molar-refractivity contribution < 1.29 is 14.4 Å². The molecular formula is C14H13FN2O3. The average molecular weight is 276 g/mol. The Morgan fingerprint density at radius 1 is 1.20 bits per heavy atom. The molecule has 0 aliphatic rings. The molecule has 0 saturated heterocycles. The summed E-state index contributed by atoms with van der Waals surface area (Å²) in [5.74, 6) is -0.469. The predicted molar refractivity (Wildman–Crippen MR) is 71.7 cm³/mol. The van der Waals surface area contributed by atoms with Crippen LogP contribution in [0.3, 0.4) is 0 Å². The fraction of sp³-hybridized carbons (Fsp3) is 0.143. The molecule has 5 nitrogen and oxygen atoms in total. The lowest BCUT2D eigenvalue weighted by molar-refractivity contribution is -0.385. The Kier molecular flexibility index (Phi) is 4.27. The van der Waals surface area contributed by atoms with E-state index in [9.17, 15) is 19.6 Å². The number of phenols is 1. The summed E-state index contributed by atoms with van der Waals surface area (Å²) in [7, 11) is 0. The van der Waals surface area contributed by atoms with Crippen molar-refractivity contribution in [1.82, 2.24) is 5.32 Å². The van der Waals surface area contributed by atoms with E-state index in [0.717, 1.165) is 6.07 Å². The number of nitrogens with zero attached hydrogens (tertiary/aromatic N) is 1. The lowest BCUT2D eigenvalue weighted by Crippen LogP contribution is -2.13. The van der Waals surface area contributed by atoms with E-state index in [4.69, 9.17) is 0 Å². The van der Waals surface area contributed by atoms with E-state index < -0.39 is 10.7 Å². The minimum absolute atomic E-state index is 0.172. The molecule has 104 valence electrons. The maximum absolute atomic E-state index is 13.2. The SMILES string of the molecule is O=[N+]([O-])c1cc(F)cc(CNCc2ccccc2O)c1. The molecule has 0 aliphatic carbocycles. The van der Waals surface area contributed by atoms with Crippen LogP contribution in [-0.4, -0.2) is 10.0 Å². The van der Waals surface area contributed by atoms with E-state index in [1.54, 1.807) is 24.3 Å². The van der Waals surface area contributed by atoms with Gasteiger partial charge < -0.3 is 10.4 Å². The van der Waals surface area contributed by atoms with E-state index >= 15 is 0 Å². The first-order valence-corrected chi connectivity index (χ1v) is 5.97. The second-order valence-corrected chi connectivity index (χ2v) is 4.31. The Labute approximate surface area is 114 Å². The van der Waals surface area contributed by atoms with E-state index in [-0.39, 0.29) is 18.0 Å². The normalized spacial score (nSPS) is 10.4. The van der Waals surface area contributed by atoms with Gasteiger partial charge in [-0.2, -0.15) is 0 Å². The molecular weight excluding hydrogens is 263 g/mol. The monoisotopic (exact) mass is 276 g/mol. The van der Waals surface area contributed by atoms with Crippen LogP contribution in [0.5, 0.6) is 5.75 Å². The number of rotatable bonds is 5. The summed E-state index contributed by atoms with van der Waals surface area (Å²) in [6, 6.07) is 10.3. The summed E-state index contributed by atoms with van der Waals surface area (Å²) < 4.78 is 13.2. The summed E-state index contributed by atoms with van der Waals surface area (Å²) in [5.41, 5.74) is 0.912. The summed E-state index contributed by atoms with van der Waals surface area (Å²) in [6.45, 7) is 0.657. The second kappa shape index (κ2) is 6.12. The molecule has 0 saturated carbocycles. The number of nitro groups is 1. The number of aromatic hydroxyl groups is 1. The highest BCUT2D eigenvalue weighted by molar-refractivity contribution is 5.35. The highest BCUT2D eigenvalue weighted by Gasteiger charge is 2.09. The van der Waals surface area contributed by atoms with Gasteiger partial charge in [0.05, 0.1) is 11.0 Å². The smallest absolute Gasteiger partial charge is 0.272 e. The third-order valence-corrected chi connectivity index (χ3v) is 2.79. The van der Waals surface area contributed by atoms with Crippen LogP contribution >= 0.6 is 0 Å². The molecule has 20 heavy (non-hydrogen) atoms. The summed E-state index contributed by atoms with van der Waals surface area (Å²) in [6.07, 6.45) is 0. The highest BCUT2D eigenvalue weighted by Crippen LogP contribution is 2.17. The lowest BCUT2D eigenvalue weighted by atomic mass is 10.1. The fourth-order valence-corrected chi connectivity index (χ4v) is 1.84. The summed E-state index contributed by atoms with van der Waals surface area (Å²) in [4.78, 5) is 10.0. The number of hydrogen-bond donors (Lipinski definition) is 2. The molecule has 0 unspecified atom stereocenters. The molecule has 0 heterocycles. The second-order valence-electron chi connectivity index (χ2n) is 4.31. The average Bonchev–Trinajstić information content (AvgIpc) is 2.40. The van der Waals surface area contributed by atoms with Crippen molar-refractivity contribution in [3.05, 3.63) is 69.5 Å². The van der Waals surface area contributed by atoms with Crippen LogP contribution in [0.25, 0.3) is 0 Å². The van der Waals surface area contributed by atoms with Gasteiger partial charge in [0.15, 0.2) is 0 Å². The molecule has 2 aromatic rings. The number of halogens is 1. The zero-order chi connectivity index (χ0) is 14.5. The largest absolute Gasteiger partial charge is 0.508 e. The van der Waals surface area contributed by atoms with Crippen molar-refractivity contribution in [2.24, 2.45) is 0 Å². The van der Waals surface area contributed by atoms with Crippen molar-refractivity contribution in [2.75, 3.05) is 0 Å². The first-order valence-electron chi connectivity index (χ1n) is 5.97. The number of para-hydroxylation sites is 1. The molecule has 0 amide bonds. The van der Waals surface area contributed by atoms with Crippen molar-refractivity contribution in [3.8, 4) is 5.75 Å². The molecule has 0 fully saturated rings. The van der Waals surface area contributed by atoms with Gasteiger partial charge in [-0.05, 0) is 17.7 Å². The topological polar surface area (TPSA) is 75.4 Å². The third-order valence-electron chi connectivity index (χ3n) is 2.79. The van der Waals surface area contributed by atoms with Crippen molar-refractivity contribution in [1.29, 1.82) is 0 Å². The van der Waals surface area contributed by atoms with Crippen LogP contribution in [-0.2, 0) is 13.1 Å². The Balaban J connectivity index is 2.01. The van der Waals surface area contributed by atoms with Crippen LogP contribution in [0, 0.1) is 15.9 Å². The molecule has 2 rings (SSSR count). The molecule has 2 aromatic carbocycles. The number of non-ortho nitro benzene ring substituents is 1. The molecule has 0 aromatic heterocycles. The molecule has 0 bridgehead atoms. The molecule has 0 radical (unpaired) electrons. The first kappa shape index (κ1) is 14.0. The number of phenolic OH excluding ortho intramolecular Hbond substituents is 1. The molecule has 0 spiro atoms. The summed E-state index contributed by atoms with van der Waals surface area (Å²) in [5, 5.41) is 23.2. The molecule has 0 aliphatic heterocycles. The van der Waals surface area contributed by atoms with Crippen LogP contribution in [0.2, 0.25) is 0 Å². The van der Waals surface area contributed by atoms with E-state index in [1.807, 2.05) is 0 Å². The van der Waals surface area contributed by atoms with Crippen LogP contribution < -0.4 is 5.32 Å². The van der Waals surface area contributed by atoms with Gasteiger partial charge in [0, 0.05) is 24.7 Å². The van der Waals surface area contributed by atoms with Gasteiger partial charge in [-0.15, -0.1) is 0 Å². The Hall–Kier alpha value is -2.47. The van der Waals surface area contributed by atoms with Gasteiger partial charge in [-0.3, -0.25) is 10.1 Å². The van der Waals surface area contributed by atoms with Gasteiger partial charge in [0.2, 0.25) is 0 Å². The standard InChI is InChI=1S/C14H13FN2O3/c15-12-5-10(6-13(7-12)17(19)20)8-16-9-11-3-1-2-4-14(11)18/h1-7,16,18H,8-9H2. The predicted octanol–water partition coefficient (Wildman–Crippen LogP) is 2.73. The minimum Gasteiger partial charge on any atom is -0.508 e. The van der Waals surface area contributed by atoms with Crippen LogP contribution in [0.15, 0.2) is 42.5 Å². The minimum atomic E-state index is -0.640. The maximum atomic E-state index is 13.2. The highest BCUT2D eigenvalue weighted by atomic mass is 19.1. The van der Waals surface area contributed by atoms with Crippen LogP contribution in [0.4, 0.5) is 10.1 Å². The summed E-state index contributed by atoms with van der Waals surface area (Å²) >= 11 is 0. The van der Waals surface area contributed by atoms with Gasteiger partial charge in [-0.25, -0.2) is 4.39 Å². The molecule has 6 heteroatoms. The van der Waals surface area contributed by atoms with Gasteiger partial charge in [-0.1, -0.05) is 18.2 Å². The van der Waals surface area contributed by atoms with E-state index in [0.29, 0.717) is 17.7 Å². The zero-order valence-corrected chi connectivity index (χ0v) is 10.5. The fourth-order valence-electron chi connectivity index (χ4n) is 1.84. The quantitative estimate of drug-likeness (QED) is 0.650. The Morgan fingerprint density at radius 3 is 2.65 bits per heavy atom. The van der Waals surface area contributed by atoms with Crippen molar-refractivity contribution >= 4 is 5.69 Å². The lowest BCUT2D eigenvalue weighted by Gasteiger charge is -2.07. The van der Waals surface area contributed by atoms with Crippen molar-refractivity contribution in [2.45, 2.75) is 13.1 Å². The number of nitrogens with one attached hydrogen (secondary N) is 1. The van der Waals surface area contributed by atoms with Gasteiger partial charge in [0.1, 0.15) is 11.6 Å². The van der Waals surface area contributed by atoms with Crippen molar-refractivity contribution in [3.63, 3.8) is 0 Å². The molecule has 2 N–H and O–H groups in total. The molecule has 0 atom stereocenters. The Bertz CT molecular complexity index is 632. The van der Waals surface area contributed by atoms with E-state index in [1.165, 1.54) is 12.1 Å². The first-order chi connectivity index (χ1) is 9.56. The third kappa shape index (κ3) is 3.52. The zero-order valence-electron chi connectivity index (χ0n) is 10.5. The van der Waals surface area contributed by atoms with E-state index in [2.05, 4.69) is 5.32 Å². The van der Waals surface area contributed by atoms with Crippen LogP contribution in [0.1, 0.15) is 11.1 Å².